The first-order chi connectivity index (χ1) is 13.6. The van der Waals surface area contributed by atoms with Crippen LogP contribution < -0.4 is 14.4 Å². The minimum Gasteiger partial charge on any atom is -0.494 e. The predicted octanol–water partition coefficient (Wildman–Crippen LogP) is 5.65. The van der Waals surface area contributed by atoms with Crippen LogP contribution in [0, 0.1) is 0 Å². The zero-order valence-corrected chi connectivity index (χ0v) is 16.0. The summed E-state index contributed by atoms with van der Waals surface area (Å²) in [6.45, 7) is 5.12. The van der Waals surface area contributed by atoms with Gasteiger partial charge in [0.2, 0.25) is 0 Å². The molecule has 0 saturated heterocycles. The highest BCUT2D eigenvalue weighted by atomic mass is 16.5. The molecule has 3 aromatic carbocycles. The second-order valence-corrected chi connectivity index (χ2v) is 6.04. The third kappa shape index (κ3) is 4.43. The van der Waals surface area contributed by atoms with Crippen molar-refractivity contribution in [1.29, 1.82) is 0 Å². The number of benzene rings is 3. The molecule has 0 unspecified atom stereocenters. The molecule has 0 heterocycles. The van der Waals surface area contributed by atoms with Gasteiger partial charge in [-0.25, -0.2) is 4.79 Å². The van der Waals surface area contributed by atoms with Crippen LogP contribution in [0.15, 0.2) is 72.8 Å². The van der Waals surface area contributed by atoms with Gasteiger partial charge in [0, 0.05) is 17.1 Å². The molecular formula is C23H23NO4. The molecule has 5 nitrogen and oxygen atoms in total. The standard InChI is InChI=1S/C23H23NO4/c1-3-27-21-13-9-19(10-14-21)24(18-7-5-17(6-8-18)23(25)26)20-11-15-22(16-12-20)28-4-2/h5-16H,3-4H2,1-2H3,(H,25,26). The first kappa shape index (κ1) is 19.3. The number of hydrogen-bond donors (Lipinski definition) is 1. The number of rotatable bonds is 8. The highest BCUT2D eigenvalue weighted by Crippen LogP contribution is 2.36. The number of ether oxygens (including phenoxy) is 2. The maximum atomic E-state index is 11.2. The van der Waals surface area contributed by atoms with Gasteiger partial charge in [-0.3, -0.25) is 0 Å². The predicted molar refractivity (Wildman–Crippen MR) is 110 cm³/mol. The van der Waals surface area contributed by atoms with Crippen LogP contribution in [0.3, 0.4) is 0 Å². The number of carboxylic acids is 1. The number of hydrogen-bond acceptors (Lipinski definition) is 4. The molecule has 28 heavy (non-hydrogen) atoms. The highest BCUT2D eigenvalue weighted by molar-refractivity contribution is 5.88. The lowest BCUT2D eigenvalue weighted by Crippen LogP contribution is -2.10. The monoisotopic (exact) mass is 377 g/mol. The quantitative estimate of drug-likeness (QED) is 0.549. The van der Waals surface area contributed by atoms with Crippen molar-refractivity contribution in [2.45, 2.75) is 13.8 Å². The Kier molecular flexibility index (Phi) is 6.17. The molecule has 144 valence electrons. The molecule has 0 bridgehead atoms. The van der Waals surface area contributed by atoms with E-state index in [9.17, 15) is 4.79 Å². The summed E-state index contributed by atoms with van der Waals surface area (Å²) in [5, 5.41) is 9.17. The lowest BCUT2D eigenvalue weighted by atomic mass is 10.1. The van der Waals surface area contributed by atoms with E-state index in [1.165, 1.54) is 0 Å². The molecule has 0 saturated carbocycles. The zero-order valence-electron chi connectivity index (χ0n) is 16.0. The lowest BCUT2D eigenvalue weighted by Gasteiger charge is -2.26. The van der Waals surface area contributed by atoms with Gasteiger partial charge in [0.15, 0.2) is 0 Å². The Balaban J connectivity index is 2.01. The average Bonchev–Trinajstić information content (AvgIpc) is 2.72. The van der Waals surface area contributed by atoms with Crippen LogP contribution in [0.25, 0.3) is 0 Å². The maximum Gasteiger partial charge on any atom is 0.335 e. The van der Waals surface area contributed by atoms with E-state index in [0.29, 0.717) is 13.2 Å². The molecule has 0 radical (unpaired) electrons. The van der Waals surface area contributed by atoms with Gasteiger partial charge in [0.1, 0.15) is 11.5 Å². The number of aromatic carboxylic acids is 1. The van der Waals surface area contributed by atoms with Crippen LogP contribution in [0.2, 0.25) is 0 Å². The molecule has 0 amide bonds. The van der Waals surface area contributed by atoms with Crippen LogP contribution in [-0.2, 0) is 0 Å². The van der Waals surface area contributed by atoms with Gasteiger partial charge < -0.3 is 19.5 Å². The number of carboxylic acid groups (broad SMARTS) is 1. The summed E-state index contributed by atoms with van der Waals surface area (Å²) >= 11 is 0. The normalized spacial score (nSPS) is 10.4. The fraction of sp³-hybridized carbons (Fsp3) is 0.174. The van der Waals surface area contributed by atoms with Crippen LogP contribution >= 0.6 is 0 Å². The van der Waals surface area contributed by atoms with Gasteiger partial charge in [-0.15, -0.1) is 0 Å². The molecule has 0 fully saturated rings. The van der Waals surface area contributed by atoms with E-state index in [0.717, 1.165) is 28.6 Å². The van der Waals surface area contributed by atoms with E-state index >= 15 is 0 Å². The summed E-state index contributed by atoms with van der Waals surface area (Å²) < 4.78 is 11.1. The Hall–Kier alpha value is -3.47. The Labute approximate surface area is 164 Å². The number of nitrogens with zero attached hydrogens (tertiary/aromatic N) is 1. The number of carbonyl (C=O) groups is 1. The van der Waals surface area contributed by atoms with Crippen LogP contribution in [-0.4, -0.2) is 24.3 Å². The molecular weight excluding hydrogens is 354 g/mol. The van der Waals surface area contributed by atoms with Gasteiger partial charge in [-0.1, -0.05) is 0 Å². The summed E-state index contributed by atoms with van der Waals surface area (Å²) in [5.74, 6) is 0.665. The van der Waals surface area contributed by atoms with E-state index in [4.69, 9.17) is 14.6 Å². The molecule has 3 rings (SSSR count). The van der Waals surface area contributed by atoms with Crippen molar-refractivity contribution in [3.8, 4) is 11.5 Å². The molecule has 5 heteroatoms. The fourth-order valence-electron chi connectivity index (χ4n) is 2.92. The van der Waals surface area contributed by atoms with Gasteiger partial charge >= 0.3 is 5.97 Å². The summed E-state index contributed by atoms with van der Waals surface area (Å²) in [6.07, 6.45) is 0. The van der Waals surface area contributed by atoms with Gasteiger partial charge in [-0.2, -0.15) is 0 Å². The van der Waals surface area contributed by atoms with E-state index in [-0.39, 0.29) is 5.56 Å². The smallest absolute Gasteiger partial charge is 0.335 e. The van der Waals surface area contributed by atoms with Crippen molar-refractivity contribution in [2.24, 2.45) is 0 Å². The second kappa shape index (κ2) is 8.95. The van der Waals surface area contributed by atoms with Gasteiger partial charge in [0.25, 0.3) is 0 Å². The minimum atomic E-state index is -0.944. The summed E-state index contributed by atoms with van der Waals surface area (Å²) in [5.41, 5.74) is 2.99. The molecule has 0 atom stereocenters. The SMILES string of the molecule is CCOc1ccc(N(c2ccc(OCC)cc2)c2ccc(C(=O)O)cc2)cc1. The van der Waals surface area contributed by atoms with Crippen molar-refractivity contribution < 1.29 is 19.4 Å². The van der Waals surface area contributed by atoms with E-state index < -0.39 is 5.97 Å². The Morgan fingerprint density at radius 2 is 1.07 bits per heavy atom. The Morgan fingerprint density at radius 3 is 1.39 bits per heavy atom. The lowest BCUT2D eigenvalue weighted by molar-refractivity contribution is 0.0697. The maximum absolute atomic E-state index is 11.2. The fourth-order valence-corrected chi connectivity index (χ4v) is 2.92. The van der Waals surface area contributed by atoms with Gasteiger partial charge in [-0.05, 0) is 86.6 Å². The summed E-state index contributed by atoms with van der Waals surface area (Å²) in [7, 11) is 0. The Morgan fingerprint density at radius 1 is 0.714 bits per heavy atom. The molecule has 1 N–H and O–H groups in total. The molecule has 0 aliphatic carbocycles. The molecule has 3 aromatic rings. The first-order valence-electron chi connectivity index (χ1n) is 9.21. The minimum absolute atomic E-state index is 0.252. The summed E-state index contributed by atoms with van der Waals surface area (Å²) in [4.78, 5) is 13.2. The van der Waals surface area contributed by atoms with E-state index in [2.05, 4.69) is 4.90 Å². The van der Waals surface area contributed by atoms with Crippen molar-refractivity contribution in [3.63, 3.8) is 0 Å². The van der Waals surface area contributed by atoms with Crippen LogP contribution in [0.1, 0.15) is 24.2 Å². The third-order valence-corrected chi connectivity index (χ3v) is 4.18. The van der Waals surface area contributed by atoms with Crippen molar-refractivity contribution >= 4 is 23.0 Å². The van der Waals surface area contributed by atoms with Crippen molar-refractivity contribution in [2.75, 3.05) is 18.1 Å². The second-order valence-electron chi connectivity index (χ2n) is 6.04. The molecule has 0 spiro atoms. The Bertz CT molecular complexity index is 853. The summed E-state index contributed by atoms with van der Waals surface area (Å²) in [6, 6.07) is 22.4. The molecule has 0 aliphatic rings. The average molecular weight is 377 g/mol. The first-order valence-corrected chi connectivity index (χ1v) is 9.21. The van der Waals surface area contributed by atoms with Crippen LogP contribution in [0.4, 0.5) is 17.1 Å². The zero-order chi connectivity index (χ0) is 19.9. The van der Waals surface area contributed by atoms with Crippen molar-refractivity contribution in [1.82, 2.24) is 0 Å². The highest BCUT2D eigenvalue weighted by Gasteiger charge is 2.14. The largest absolute Gasteiger partial charge is 0.494 e. The van der Waals surface area contributed by atoms with Crippen molar-refractivity contribution in [3.05, 3.63) is 78.4 Å². The molecule has 0 aromatic heterocycles. The van der Waals surface area contributed by atoms with Crippen LogP contribution in [0.5, 0.6) is 11.5 Å². The number of anilines is 3. The van der Waals surface area contributed by atoms with E-state index in [1.807, 2.05) is 62.4 Å². The topological polar surface area (TPSA) is 59.0 Å². The van der Waals surface area contributed by atoms with E-state index in [1.54, 1.807) is 24.3 Å². The van der Waals surface area contributed by atoms with Gasteiger partial charge in [0.05, 0.1) is 18.8 Å². The molecule has 0 aliphatic heterocycles. The third-order valence-electron chi connectivity index (χ3n) is 4.18.